The van der Waals surface area contributed by atoms with Gasteiger partial charge in [0.15, 0.2) is 5.82 Å². The largest absolute Gasteiger partial charge is 0.488 e. The first-order chi connectivity index (χ1) is 11.0. The van der Waals surface area contributed by atoms with Gasteiger partial charge in [-0.1, -0.05) is 18.2 Å². The quantitative estimate of drug-likeness (QED) is 0.859. The van der Waals surface area contributed by atoms with Gasteiger partial charge >= 0.3 is 0 Å². The Balaban J connectivity index is 1.79. The number of likely N-dealkylation sites (N-methyl/N-ethyl adjacent to an activating group) is 1. The second kappa shape index (κ2) is 6.29. The molecule has 1 aromatic heterocycles. The lowest BCUT2D eigenvalue weighted by atomic mass is 10.1. The second-order valence-electron chi connectivity index (χ2n) is 5.23. The maximum atomic E-state index is 12.6. The number of nitrogens with zero attached hydrogens (tertiary/aromatic N) is 3. The van der Waals surface area contributed by atoms with Crippen molar-refractivity contribution in [3.05, 3.63) is 41.2 Å². The molecule has 1 amide bonds. The van der Waals surface area contributed by atoms with E-state index in [1.807, 2.05) is 30.3 Å². The van der Waals surface area contributed by atoms with Gasteiger partial charge in [-0.3, -0.25) is 14.5 Å². The third-order valence-electron chi connectivity index (χ3n) is 3.36. The van der Waals surface area contributed by atoms with E-state index >= 15 is 0 Å². The van der Waals surface area contributed by atoms with Crippen LogP contribution in [0.4, 0.5) is 5.13 Å². The van der Waals surface area contributed by atoms with Crippen molar-refractivity contribution in [3.63, 3.8) is 0 Å². The highest BCUT2D eigenvalue weighted by Gasteiger charge is 2.23. The van der Waals surface area contributed by atoms with E-state index in [1.54, 1.807) is 7.05 Å². The predicted octanol–water partition coefficient (Wildman–Crippen LogP) is 2.11. The molecule has 0 spiro atoms. The molecule has 7 heteroatoms. The Morgan fingerprint density at radius 3 is 2.91 bits per heavy atom. The highest BCUT2D eigenvalue weighted by atomic mass is 32.1. The van der Waals surface area contributed by atoms with E-state index in [2.05, 4.69) is 9.36 Å². The lowest BCUT2D eigenvalue weighted by molar-refractivity contribution is -0.116. The molecule has 0 aliphatic carbocycles. The molecule has 2 aromatic rings. The van der Waals surface area contributed by atoms with E-state index in [-0.39, 0.29) is 24.7 Å². The maximum absolute atomic E-state index is 12.6. The number of aromatic nitrogens is 2. The SMILES string of the molecule is CC(=O)Cc1nsc(N(C)C(=O)C2=Cc3ccccc3OC2)n1. The fourth-order valence-corrected chi connectivity index (χ4v) is 2.86. The van der Waals surface area contributed by atoms with Crippen molar-refractivity contribution in [2.75, 3.05) is 18.6 Å². The molecule has 0 N–H and O–H groups in total. The van der Waals surface area contributed by atoms with E-state index in [0.29, 0.717) is 16.5 Å². The third kappa shape index (κ3) is 3.29. The second-order valence-corrected chi connectivity index (χ2v) is 5.96. The molecular formula is C16H15N3O3S. The molecule has 6 nitrogen and oxygen atoms in total. The van der Waals surface area contributed by atoms with Crippen molar-refractivity contribution in [2.45, 2.75) is 13.3 Å². The molecule has 0 saturated carbocycles. The molecular weight excluding hydrogens is 314 g/mol. The van der Waals surface area contributed by atoms with Crippen LogP contribution >= 0.6 is 11.5 Å². The van der Waals surface area contributed by atoms with Crippen molar-refractivity contribution >= 4 is 34.4 Å². The number of ketones is 1. The first kappa shape index (κ1) is 15.4. The van der Waals surface area contributed by atoms with Crippen LogP contribution in [0.2, 0.25) is 0 Å². The van der Waals surface area contributed by atoms with Crippen molar-refractivity contribution < 1.29 is 14.3 Å². The van der Waals surface area contributed by atoms with Gasteiger partial charge in [0.25, 0.3) is 5.91 Å². The Bertz CT molecular complexity index is 797. The number of ether oxygens (including phenoxy) is 1. The van der Waals surface area contributed by atoms with Gasteiger partial charge in [-0.2, -0.15) is 4.37 Å². The van der Waals surface area contributed by atoms with Gasteiger partial charge in [0, 0.05) is 24.1 Å². The van der Waals surface area contributed by atoms with Crippen molar-refractivity contribution in [2.24, 2.45) is 0 Å². The minimum atomic E-state index is -0.190. The number of carbonyl (C=O) groups is 2. The van der Waals surface area contributed by atoms with Gasteiger partial charge in [0.1, 0.15) is 18.1 Å². The van der Waals surface area contributed by atoms with Crippen LogP contribution in [0.5, 0.6) is 5.75 Å². The number of rotatable bonds is 4. The summed E-state index contributed by atoms with van der Waals surface area (Å²) in [6.07, 6.45) is 2.01. The Kier molecular flexibility index (Phi) is 4.20. The number of carbonyl (C=O) groups excluding carboxylic acids is 2. The molecule has 1 aliphatic rings. The smallest absolute Gasteiger partial charge is 0.259 e. The minimum Gasteiger partial charge on any atom is -0.488 e. The van der Waals surface area contributed by atoms with Gasteiger partial charge in [-0.15, -0.1) is 0 Å². The average Bonchev–Trinajstić information content (AvgIpc) is 3.00. The van der Waals surface area contributed by atoms with Crippen molar-refractivity contribution in [1.82, 2.24) is 9.36 Å². The van der Waals surface area contributed by atoms with Gasteiger partial charge in [-0.25, -0.2) is 4.98 Å². The number of anilines is 1. The van der Waals surface area contributed by atoms with E-state index in [1.165, 1.54) is 11.8 Å². The summed E-state index contributed by atoms with van der Waals surface area (Å²) in [5.41, 5.74) is 1.43. The van der Waals surface area contributed by atoms with Gasteiger partial charge < -0.3 is 4.74 Å². The zero-order valence-electron chi connectivity index (χ0n) is 12.8. The maximum Gasteiger partial charge on any atom is 0.259 e. The molecule has 0 radical (unpaired) electrons. The van der Waals surface area contributed by atoms with Crippen LogP contribution < -0.4 is 9.64 Å². The van der Waals surface area contributed by atoms with Crippen LogP contribution in [0, 0.1) is 0 Å². The van der Waals surface area contributed by atoms with E-state index in [4.69, 9.17) is 4.74 Å². The number of fused-ring (bicyclic) bond motifs is 1. The molecule has 1 aromatic carbocycles. The summed E-state index contributed by atoms with van der Waals surface area (Å²) in [7, 11) is 1.64. The molecule has 0 atom stereocenters. The fourth-order valence-electron chi connectivity index (χ4n) is 2.22. The molecule has 0 saturated heterocycles. The molecule has 0 bridgehead atoms. The van der Waals surface area contributed by atoms with E-state index in [9.17, 15) is 9.59 Å². The molecule has 2 heterocycles. The van der Waals surface area contributed by atoms with E-state index < -0.39 is 0 Å². The number of benzene rings is 1. The summed E-state index contributed by atoms with van der Waals surface area (Å²) in [5, 5.41) is 0.464. The van der Waals surface area contributed by atoms with Gasteiger partial charge in [-0.05, 0) is 19.1 Å². The van der Waals surface area contributed by atoms with Crippen LogP contribution in [0.3, 0.4) is 0 Å². The van der Waals surface area contributed by atoms with Crippen LogP contribution in [0.25, 0.3) is 6.08 Å². The molecule has 1 aliphatic heterocycles. The van der Waals surface area contributed by atoms with Crippen LogP contribution in [0.15, 0.2) is 29.8 Å². The van der Waals surface area contributed by atoms with Crippen molar-refractivity contribution in [3.8, 4) is 5.75 Å². The van der Waals surface area contributed by atoms with Crippen LogP contribution in [-0.2, 0) is 16.0 Å². The molecule has 0 unspecified atom stereocenters. The molecule has 23 heavy (non-hydrogen) atoms. The Hall–Kier alpha value is -2.54. The Morgan fingerprint density at radius 1 is 1.35 bits per heavy atom. The van der Waals surface area contributed by atoms with Crippen LogP contribution in [0.1, 0.15) is 18.3 Å². The standard InChI is InChI=1S/C16H15N3O3S/c1-10(20)7-14-17-16(23-18-14)19(2)15(21)12-8-11-5-3-4-6-13(11)22-9-12/h3-6,8H,7,9H2,1-2H3. The monoisotopic (exact) mass is 329 g/mol. The number of amides is 1. The first-order valence-corrected chi connectivity index (χ1v) is 7.84. The minimum absolute atomic E-state index is 0.0108. The topological polar surface area (TPSA) is 72.4 Å². The van der Waals surface area contributed by atoms with Gasteiger partial charge in [0.05, 0.1) is 12.0 Å². The zero-order chi connectivity index (χ0) is 16.4. The lowest BCUT2D eigenvalue weighted by Gasteiger charge is -2.20. The third-order valence-corrected chi connectivity index (χ3v) is 4.19. The first-order valence-electron chi connectivity index (χ1n) is 7.07. The Morgan fingerprint density at radius 2 is 2.13 bits per heavy atom. The summed E-state index contributed by atoms with van der Waals surface area (Å²) in [6, 6.07) is 7.56. The predicted molar refractivity (Wildman–Crippen MR) is 87.6 cm³/mol. The number of hydrogen-bond acceptors (Lipinski definition) is 6. The van der Waals surface area contributed by atoms with Crippen molar-refractivity contribution in [1.29, 1.82) is 0 Å². The summed E-state index contributed by atoms with van der Waals surface area (Å²) >= 11 is 1.10. The number of hydrogen-bond donors (Lipinski definition) is 0. The summed E-state index contributed by atoms with van der Waals surface area (Å²) in [6.45, 7) is 1.70. The summed E-state index contributed by atoms with van der Waals surface area (Å²) < 4.78 is 9.71. The summed E-state index contributed by atoms with van der Waals surface area (Å²) in [4.78, 5) is 29.4. The highest BCUT2D eigenvalue weighted by Crippen LogP contribution is 2.27. The molecule has 118 valence electrons. The normalized spacial score (nSPS) is 12.9. The van der Waals surface area contributed by atoms with Crippen LogP contribution in [-0.4, -0.2) is 34.7 Å². The van der Waals surface area contributed by atoms with Gasteiger partial charge in [0.2, 0.25) is 5.13 Å². The zero-order valence-corrected chi connectivity index (χ0v) is 13.6. The number of para-hydroxylation sites is 1. The lowest BCUT2D eigenvalue weighted by Crippen LogP contribution is -2.30. The molecule has 3 rings (SSSR count). The Labute approximate surface area is 137 Å². The number of Topliss-reactive ketones (excluding diaryl/α,β-unsaturated/α-hetero) is 1. The molecule has 0 fully saturated rings. The summed E-state index contributed by atoms with van der Waals surface area (Å²) in [5.74, 6) is 1.01. The highest BCUT2D eigenvalue weighted by molar-refractivity contribution is 7.10. The fraction of sp³-hybridized carbons (Fsp3) is 0.250. The van der Waals surface area contributed by atoms with E-state index in [0.717, 1.165) is 22.8 Å². The average molecular weight is 329 g/mol.